The summed E-state index contributed by atoms with van der Waals surface area (Å²) in [7, 11) is 1.69. The quantitative estimate of drug-likeness (QED) is 0.777. The number of nitrogens with one attached hydrogen (secondary N) is 1. The molecular weight excluding hydrogens is 216 g/mol. The summed E-state index contributed by atoms with van der Waals surface area (Å²) in [5.41, 5.74) is 0. The molecule has 2 saturated heterocycles. The Morgan fingerprint density at radius 2 is 2.06 bits per heavy atom. The van der Waals surface area contributed by atoms with Crippen LogP contribution >= 0.6 is 0 Å². The monoisotopic (exact) mass is 238 g/mol. The molecule has 2 heterocycles. The predicted molar refractivity (Wildman–Crippen MR) is 64.7 cm³/mol. The zero-order valence-corrected chi connectivity index (χ0v) is 10.5. The number of nitrogens with zero attached hydrogens (tertiary/aromatic N) is 1. The van der Waals surface area contributed by atoms with Gasteiger partial charge in [0.25, 0.3) is 0 Å². The molecule has 1 amide bonds. The van der Waals surface area contributed by atoms with Crippen molar-refractivity contribution in [3.63, 3.8) is 0 Å². The van der Waals surface area contributed by atoms with Crippen LogP contribution in [0.25, 0.3) is 0 Å². The molecule has 4 nitrogen and oxygen atoms in total. The van der Waals surface area contributed by atoms with E-state index in [-0.39, 0.29) is 12.0 Å². The molecule has 0 radical (unpaired) electrons. The van der Waals surface area contributed by atoms with E-state index in [1.54, 1.807) is 7.05 Å². The van der Waals surface area contributed by atoms with Gasteiger partial charge in [0.05, 0.1) is 6.10 Å². The third-order valence-electron chi connectivity index (χ3n) is 4.67. The molecule has 0 aromatic rings. The first-order valence-corrected chi connectivity index (χ1v) is 6.92. The zero-order chi connectivity index (χ0) is 11.8. The molecule has 0 bridgehead atoms. The highest BCUT2D eigenvalue weighted by Gasteiger charge is 2.44. The van der Waals surface area contributed by atoms with Crippen LogP contribution in [0.5, 0.6) is 0 Å². The fraction of sp³-hybridized carbons (Fsp3) is 0.923. The van der Waals surface area contributed by atoms with Crippen LogP contribution < -0.4 is 5.32 Å². The molecule has 3 aliphatic rings. The van der Waals surface area contributed by atoms with Crippen molar-refractivity contribution < 1.29 is 9.53 Å². The Hall–Kier alpha value is -0.610. The van der Waals surface area contributed by atoms with Crippen LogP contribution in [0.15, 0.2) is 0 Å². The Balaban J connectivity index is 1.61. The van der Waals surface area contributed by atoms with Crippen molar-refractivity contribution in [2.75, 3.05) is 13.6 Å². The maximum absolute atomic E-state index is 11.6. The number of ether oxygens (including phenoxy) is 1. The lowest BCUT2D eigenvalue weighted by molar-refractivity contribution is -0.144. The molecular formula is C13H22N2O2. The molecule has 96 valence electrons. The third kappa shape index (κ3) is 1.97. The van der Waals surface area contributed by atoms with Crippen LogP contribution in [0.4, 0.5) is 0 Å². The standard InChI is InChI=1S/C13H22N2O2/c1-14-13(16)12-6-5-10-11(17-12)7-8-15(10)9-3-2-4-9/h9-12H,2-8H2,1H3,(H,14,16)/t10-,11-,12-/m0/s1. The van der Waals surface area contributed by atoms with Crippen molar-refractivity contribution in [3.8, 4) is 0 Å². The molecule has 0 aromatic carbocycles. The molecule has 3 atom stereocenters. The topological polar surface area (TPSA) is 41.6 Å². The largest absolute Gasteiger partial charge is 0.363 e. The minimum atomic E-state index is -0.206. The van der Waals surface area contributed by atoms with Crippen molar-refractivity contribution in [1.82, 2.24) is 10.2 Å². The van der Waals surface area contributed by atoms with Gasteiger partial charge in [-0.05, 0) is 32.1 Å². The average molecular weight is 238 g/mol. The summed E-state index contributed by atoms with van der Waals surface area (Å²) >= 11 is 0. The smallest absolute Gasteiger partial charge is 0.248 e. The predicted octanol–water partition coefficient (Wildman–Crippen LogP) is 0.907. The van der Waals surface area contributed by atoms with Gasteiger partial charge in [-0.25, -0.2) is 0 Å². The van der Waals surface area contributed by atoms with Gasteiger partial charge in [-0.1, -0.05) is 6.42 Å². The van der Waals surface area contributed by atoms with Gasteiger partial charge in [0.2, 0.25) is 5.91 Å². The van der Waals surface area contributed by atoms with Crippen molar-refractivity contribution in [2.45, 2.75) is 62.8 Å². The van der Waals surface area contributed by atoms with E-state index in [2.05, 4.69) is 10.2 Å². The van der Waals surface area contributed by atoms with Gasteiger partial charge in [0.15, 0.2) is 0 Å². The van der Waals surface area contributed by atoms with Crippen LogP contribution in [0.3, 0.4) is 0 Å². The van der Waals surface area contributed by atoms with Crippen LogP contribution in [0, 0.1) is 0 Å². The first-order valence-electron chi connectivity index (χ1n) is 6.92. The molecule has 0 spiro atoms. The molecule has 0 aromatic heterocycles. The van der Waals surface area contributed by atoms with E-state index in [9.17, 15) is 4.79 Å². The number of amides is 1. The highest BCUT2D eigenvalue weighted by atomic mass is 16.5. The van der Waals surface area contributed by atoms with E-state index >= 15 is 0 Å². The van der Waals surface area contributed by atoms with Crippen molar-refractivity contribution in [3.05, 3.63) is 0 Å². The maximum Gasteiger partial charge on any atom is 0.248 e. The molecule has 3 fully saturated rings. The van der Waals surface area contributed by atoms with Crippen molar-refractivity contribution in [1.29, 1.82) is 0 Å². The average Bonchev–Trinajstić information content (AvgIpc) is 2.69. The van der Waals surface area contributed by atoms with Gasteiger partial charge in [-0.2, -0.15) is 0 Å². The third-order valence-corrected chi connectivity index (χ3v) is 4.67. The van der Waals surface area contributed by atoms with Gasteiger partial charge >= 0.3 is 0 Å². The summed E-state index contributed by atoms with van der Waals surface area (Å²) in [6.45, 7) is 1.17. The zero-order valence-electron chi connectivity index (χ0n) is 10.5. The van der Waals surface area contributed by atoms with Gasteiger partial charge in [-0.3, -0.25) is 9.69 Å². The summed E-state index contributed by atoms with van der Waals surface area (Å²) in [5, 5.41) is 2.69. The van der Waals surface area contributed by atoms with E-state index in [0.717, 1.165) is 25.3 Å². The molecule has 4 heteroatoms. The lowest BCUT2D eigenvalue weighted by Gasteiger charge is -2.42. The highest BCUT2D eigenvalue weighted by molar-refractivity contribution is 5.80. The lowest BCUT2D eigenvalue weighted by atomic mass is 9.89. The Kier molecular flexibility index (Phi) is 3.09. The van der Waals surface area contributed by atoms with E-state index < -0.39 is 0 Å². The van der Waals surface area contributed by atoms with E-state index in [1.165, 1.54) is 25.8 Å². The Morgan fingerprint density at radius 3 is 2.71 bits per heavy atom. The number of likely N-dealkylation sites (tertiary alicyclic amines) is 1. The summed E-state index contributed by atoms with van der Waals surface area (Å²) < 4.78 is 5.96. The molecule has 2 aliphatic heterocycles. The van der Waals surface area contributed by atoms with Crippen LogP contribution in [-0.4, -0.2) is 48.7 Å². The first kappa shape index (κ1) is 11.5. The fourth-order valence-electron chi connectivity index (χ4n) is 3.49. The second-order valence-corrected chi connectivity index (χ2v) is 5.53. The Bertz CT molecular complexity index is 304. The number of hydrogen-bond donors (Lipinski definition) is 1. The van der Waals surface area contributed by atoms with E-state index in [1.807, 2.05) is 0 Å². The summed E-state index contributed by atoms with van der Waals surface area (Å²) in [6, 6.07) is 1.39. The van der Waals surface area contributed by atoms with Gasteiger partial charge in [-0.15, -0.1) is 0 Å². The number of carbonyl (C=O) groups is 1. The lowest BCUT2D eigenvalue weighted by Crippen LogP contribution is -2.51. The normalized spacial score (nSPS) is 38.5. The number of hydrogen-bond acceptors (Lipinski definition) is 3. The second kappa shape index (κ2) is 4.58. The van der Waals surface area contributed by atoms with Gasteiger partial charge in [0, 0.05) is 25.7 Å². The molecule has 3 rings (SSSR count). The van der Waals surface area contributed by atoms with Crippen molar-refractivity contribution >= 4 is 5.91 Å². The SMILES string of the molecule is CNC(=O)[C@@H]1CC[C@H]2[C@H](CCN2C2CCC2)O1. The first-order chi connectivity index (χ1) is 8.29. The summed E-state index contributed by atoms with van der Waals surface area (Å²) in [6.07, 6.45) is 7.32. The Morgan fingerprint density at radius 1 is 1.24 bits per heavy atom. The molecule has 1 N–H and O–H groups in total. The number of rotatable bonds is 2. The fourth-order valence-corrected chi connectivity index (χ4v) is 3.49. The summed E-state index contributed by atoms with van der Waals surface area (Å²) in [4.78, 5) is 14.2. The Labute approximate surface area is 103 Å². The number of likely N-dealkylation sites (N-methyl/N-ethyl adjacent to an activating group) is 1. The molecule has 1 aliphatic carbocycles. The van der Waals surface area contributed by atoms with Crippen molar-refractivity contribution in [2.24, 2.45) is 0 Å². The van der Waals surface area contributed by atoms with Crippen LogP contribution in [0.2, 0.25) is 0 Å². The van der Waals surface area contributed by atoms with Crippen LogP contribution in [-0.2, 0) is 9.53 Å². The maximum atomic E-state index is 11.6. The number of fused-ring (bicyclic) bond motifs is 1. The minimum absolute atomic E-state index is 0.0468. The van der Waals surface area contributed by atoms with Gasteiger partial charge < -0.3 is 10.1 Å². The van der Waals surface area contributed by atoms with E-state index in [4.69, 9.17) is 4.74 Å². The molecule has 17 heavy (non-hydrogen) atoms. The molecule has 1 saturated carbocycles. The van der Waals surface area contributed by atoms with E-state index in [0.29, 0.717) is 12.1 Å². The highest BCUT2D eigenvalue weighted by Crippen LogP contribution is 2.37. The molecule has 0 unspecified atom stereocenters. The second-order valence-electron chi connectivity index (χ2n) is 5.53. The van der Waals surface area contributed by atoms with Crippen LogP contribution in [0.1, 0.15) is 38.5 Å². The number of carbonyl (C=O) groups excluding carboxylic acids is 1. The van der Waals surface area contributed by atoms with Gasteiger partial charge in [0.1, 0.15) is 6.10 Å². The summed E-state index contributed by atoms with van der Waals surface area (Å²) in [5.74, 6) is 0.0468. The minimum Gasteiger partial charge on any atom is -0.363 e.